The second-order valence-electron chi connectivity index (χ2n) is 6.35. The van der Waals surface area contributed by atoms with Crippen LogP contribution in [0.1, 0.15) is 40.6 Å². The van der Waals surface area contributed by atoms with Crippen LogP contribution in [-0.4, -0.2) is 27.5 Å². The maximum Gasteiger partial charge on any atom is 0.267 e. The van der Waals surface area contributed by atoms with Crippen LogP contribution in [0, 0.1) is 13.8 Å². The fraction of sp³-hybridized carbons (Fsp3) is 0.300. The summed E-state index contributed by atoms with van der Waals surface area (Å²) in [5.41, 5.74) is 2.67. The van der Waals surface area contributed by atoms with E-state index in [1.54, 1.807) is 0 Å². The molecule has 3 aromatic heterocycles. The molecule has 0 bridgehead atoms. The van der Waals surface area contributed by atoms with Gasteiger partial charge in [0.25, 0.3) is 5.91 Å². The molecule has 1 aromatic carbocycles. The van der Waals surface area contributed by atoms with E-state index in [2.05, 4.69) is 20.3 Å². The van der Waals surface area contributed by atoms with E-state index in [1.165, 1.54) is 22.7 Å². The Kier molecular flexibility index (Phi) is 4.99. The van der Waals surface area contributed by atoms with Gasteiger partial charge < -0.3 is 4.74 Å². The van der Waals surface area contributed by atoms with E-state index < -0.39 is 0 Å². The van der Waals surface area contributed by atoms with Gasteiger partial charge in [-0.2, -0.15) is 0 Å². The summed E-state index contributed by atoms with van der Waals surface area (Å²) >= 11 is 2.84. The highest BCUT2D eigenvalue weighted by molar-refractivity contribution is 7.23. The van der Waals surface area contributed by atoms with Gasteiger partial charge >= 0.3 is 0 Å². The van der Waals surface area contributed by atoms with E-state index in [-0.39, 0.29) is 5.91 Å². The predicted molar refractivity (Wildman–Crippen MR) is 115 cm³/mol. The number of anilines is 1. The van der Waals surface area contributed by atoms with Gasteiger partial charge in [-0.05, 0) is 44.5 Å². The number of amides is 1. The number of nitrogens with zero attached hydrogens (tertiary/aromatic N) is 3. The van der Waals surface area contributed by atoms with Crippen molar-refractivity contribution in [2.24, 2.45) is 0 Å². The normalized spacial score (nSPS) is 11.3. The number of aryl methyl sites for hydroxylation is 3. The van der Waals surface area contributed by atoms with Gasteiger partial charge in [0.2, 0.25) is 0 Å². The molecule has 1 amide bonds. The lowest BCUT2D eigenvalue weighted by Gasteiger charge is -2.01. The fourth-order valence-electron chi connectivity index (χ4n) is 3.14. The Bertz CT molecular complexity index is 1200. The summed E-state index contributed by atoms with van der Waals surface area (Å²) in [5, 5.41) is 4.48. The van der Waals surface area contributed by atoms with Crippen molar-refractivity contribution < 1.29 is 9.53 Å². The summed E-state index contributed by atoms with van der Waals surface area (Å²) in [6.07, 6.45) is 0.769. The number of carbonyl (C=O) groups excluding carboxylic acids is 1. The second-order valence-corrected chi connectivity index (χ2v) is 8.38. The Morgan fingerprint density at radius 2 is 1.96 bits per heavy atom. The Morgan fingerprint density at radius 1 is 1.14 bits per heavy atom. The van der Waals surface area contributed by atoms with Crippen molar-refractivity contribution in [2.45, 2.75) is 34.1 Å². The van der Waals surface area contributed by atoms with E-state index in [9.17, 15) is 4.79 Å². The van der Waals surface area contributed by atoms with Crippen molar-refractivity contribution >= 4 is 54.1 Å². The third kappa shape index (κ3) is 3.33. The molecule has 0 spiro atoms. The molecule has 0 aliphatic rings. The van der Waals surface area contributed by atoms with Crippen molar-refractivity contribution in [1.29, 1.82) is 0 Å². The first-order chi connectivity index (χ1) is 13.5. The molecule has 6 nitrogen and oxygen atoms in total. The SMILES string of the molecule is CCOc1ccc2nc(NC(=O)c3sc4nc(CC)nc(C)c4c3C)sc2c1. The maximum atomic E-state index is 12.9. The van der Waals surface area contributed by atoms with Crippen molar-refractivity contribution in [3.63, 3.8) is 0 Å². The molecule has 0 aliphatic heterocycles. The Hall–Kier alpha value is -2.58. The molecular formula is C20H20N4O2S2. The van der Waals surface area contributed by atoms with Crippen LogP contribution < -0.4 is 10.1 Å². The zero-order chi connectivity index (χ0) is 19.8. The number of nitrogens with one attached hydrogen (secondary N) is 1. The average Bonchev–Trinajstić information content (AvgIpc) is 3.22. The van der Waals surface area contributed by atoms with E-state index >= 15 is 0 Å². The number of benzene rings is 1. The highest BCUT2D eigenvalue weighted by Gasteiger charge is 2.20. The highest BCUT2D eigenvalue weighted by Crippen LogP contribution is 2.33. The molecule has 1 N–H and O–H groups in total. The first-order valence-corrected chi connectivity index (χ1v) is 10.7. The fourth-order valence-corrected chi connectivity index (χ4v) is 5.17. The van der Waals surface area contributed by atoms with E-state index in [1.807, 2.05) is 45.9 Å². The molecule has 4 rings (SSSR count). The second kappa shape index (κ2) is 7.44. The number of hydrogen-bond acceptors (Lipinski definition) is 7. The molecule has 28 heavy (non-hydrogen) atoms. The summed E-state index contributed by atoms with van der Waals surface area (Å²) in [6.45, 7) is 8.50. The minimum absolute atomic E-state index is 0.165. The number of thiazole rings is 1. The van der Waals surface area contributed by atoms with Gasteiger partial charge in [0, 0.05) is 17.5 Å². The van der Waals surface area contributed by atoms with Gasteiger partial charge in [-0.3, -0.25) is 10.1 Å². The van der Waals surface area contributed by atoms with Crippen LogP contribution >= 0.6 is 22.7 Å². The van der Waals surface area contributed by atoms with Gasteiger partial charge in [-0.1, -0.05) is 18.3 Å². The topological polar surface area (TPSA) is 77.0 Å². The average molecular weight is 413 g/mol. The smallest absolute Gasteiger partial charge is 0.267 e. The minimum Gasteiger partial charge on any atom is -0.494 e. The van der Waals surface area contributed by atoms with Crippen LogP contribution in [0.25, 0.3) is 20.4 Å². The molecule has 144 valence electrons. The number of thiophene rings is 1. The third-order valence-electron chi connectivity index (χ3n) is 4.43. The first-order valence-electron chi connectivity index (χ1n) is 9.11. The van der Waals surface area contributed by atoms with E-state index in [0.29, 0.717) is 16.6 Å². The third-order valence-corrected chi connectivity index (χ3v) is 6.55. The van der Waals surface area contributed by atoms with Gasteiger partial charge in [0.05, 0.1) is 21.7 Å². The van der Waals surface area contributed by atoms with Gasteiger partial charge in [-0.15, -0.1) is 11.3 Å². The number of aromatic nitrogens is 3. The van der Waals surface area contributed by atoms with Gasteiger partial charge in [-0.25, -0.2) is 15.0 Å². The van der Waals surface area contributed by atoms with Crippen molar-refractivity contribution in [1.82, 2.24) is 15.0 Å². The molecule has 4 aromatic rings. The van der Waals surface area contributed by atoms with E-state index in [4.69, 9.17) is 4.74 Å². The Morgan fingerprint density at radius 3 is 2.71 bits per heavy atom. The van der Waals surface area contributed by atoms with Crippen LogP contribution in [0.2, 0.25) is 0 Å². The zero-order valence-electron chi connectivity index (χ0n) is 16.1. The van der Waals surface area contributed by atoms with Crippen LogP contribution in [-0.2, 0) is 6.42 Å². The molecule has 3 heterocycles. The highest BCUT2D eigenvalue weighted by atomic mass is 32.1. The van der Waals surface area contributed by atoms with Gasteiger partial charge in [0.1, 0.15) is 16.4 Å². The monoisotopic (exact) mass is 412 g/mol. The molecule has 0 radical (unpaired) electrons. The predicted octanol–water partition coefficient (Wildman–Crippen LogP) is 5.13. The van der Waals surface area contributed by atoms with Gasteiger partial charge in [0.15, 0.2) is 5.13 Å². The Balaban J connectivity index is 1.65. The lowest BCUT2D eigenvalue weighted by molar-refractivity contribution is 0.103. The summed E-state index contributed by atoms with van der Waals surface area (Å²) in [4.78, 5) is 28.1. The van der Waals surface area contributed by atoms with Crippen LogP contribution in [0.3, 0.4) is 0 Å². The number of hydrogen-bond donors (Lipinski definition) is 1. The first kappa shape index (κ1) is 18.8. The van der Waals surface area contributed by atoms with Crippen molar-refractivity contribution in [3.8, 4) is 5.75 Å². The van der Waals surface area contributed by atoms with Crippen molar-refractivity contribution in [3.05, 3.63) is 40.2 Å². The number of carbonyl (C=O) groups is 1. The van der Waals surface area contributed by atoms with Crippen LogP contribution in [0.15, 0.2) is 18.2 Å². The molecule has 0 saturated heterocycles. The molecule has 0 atom stereocenters. The molecular weight excluding hydrogens is 392 g/mol. The summed E-state index contributed by atoms with van der Waals surface area (Å²) in [6, 6.07) is 5.74. The van der Waals surface area contributed by atoms with Crippen LogP contribution in [0.4, 0.5) is 5.13 Å². The molecule has 0 fully saturated rings. The summed E-state index contributed by atoms with van der Waals surface area (Å²) < 4.78 is 6.51. The standard InChI is InChI=1S/C20H20N4O2S2/c1-5-15-21-11(4)16-10(3)17(28-19(16)23-15)18(25)24-20-22-13-8-7-12(26-6-2)9-14(13)27-20/h7-9H,5-6H2,1-4H3,(H,22,24,25). The van der Waals surface area contributed by atoms with Crippen LogP contribution in [0.5, 0.6) is 5.75 Å². The maximum absolute atomic E-state index is 12.9. The van der Waals surface area contributed by atoms with Crippen molar-refractivity contribution in [2.75, 3.05) is 11.9 Å². The zero-order valence-corrected chi connectivity index (χ0v) is 17.8. The largest absolute Gasteiger partial charge is 0.494 e. The lowest BCUT2D eigenvalue weighted by atomic mass is 10.1. The minimum atomic E-state index is -0.165. The summed E-state index contributed by atoms with van der Waals surface area (Å²) in [5.74, 6) is 1.44. The Labute approximate surface area is 170 Å². The summed E-state index contributed by atoms with van der Waals surface area (Å²) in [7, 11) is 0. The number of ether oxygens (including phenoxy) is 1. The number of rotatable bonds is 5. The molecule has 0 unspecified atom stereocenters. The number of fused-ring (bicyclic) bond motifs is 2. The molecule has 0 aliphatic carbocycles. The lowest BCUT2D eigenvalue weighted by Crippen LogP contribution is -2.11. The molecule has 0 saturated carbocycles. The quantitative estimate of drug-likeness (QED) is 0.492. The molecule has 8 heteroatoms. The van der Waals surface area contributed by atoms with E-state index in [0.717, 1.165) is 49.7 Å².